The van der Waals surface area contributed by atoms with Crippen LogP contribution in [0.15, 0.2) is 59.5 Å². The van der Waals surface area contributed by atoms with Crippen molar-refractivity contribution in [3.05, 3.63) is 92.9 Å². The third-order valence-corrected chi connectivity index (χ3v) is 7.17. The van der Waals surface area contributed by atoms with Gasteiger partial charge < -0.3 is 26.7 Å². The number of nitrogens with two attached hydrogens (primary N) is 1. The molecule has 11 nitrogen and oxygen atoms in total. The van der Waals surface area contributed by atoms with Crippen molar-refractivity contribution in [1.82, 2.24) is 30.9 Å². The molecular formula is C32H39N7O4. The molecule has 0 aliphatic heterocycles. The molecule has 0 radical (unpaired) electrons. The fourth-order valence-electron chi connectivity index (χ4n) is 4.76. The van der Waals surface area contributed by atoms with Gasteiger partial charge in [-0.25, -0.2) is 0 Å². The van der Waals surface area contributed by atoms with Gasteiger partial charge in [0.05, 0.1) is 5.39 Å². The van der Waals surface area contributed by atoms with Gasteiger partial charge >= 0.3 is 0 Å². The molecule has 0 fully saturated rings. The number of rotatable bonds is 15. The molecule has 0 bridgehead atoms. The number of aromatic nitrogens is 3. The molecule has 2 aromatic carbocycles. The molecule has 0 unspecified atom stereocenters. The van der Waals surface area contributed by atoms with Gasteiger partial charge in [0.2, 0.25) is 17.8 Å². The van der Waals surface area contributed by atoms with Crippen LogP contribution in [0.1, 0.15) is 58.3 Å². The summed E-state index contributed by atoms with van der Waals surface area (Å²) in [5, 5.41) is 8.97. The number of anilines is 1. The van der Waals surface area contributed by atoms with Crippen molar-refractivity contribution in [2.45, 2.75) is 51.9 Å². The Morgan fingerprint density at radius 3 is 2.12 bits per heavy atom. The van der Waals surface area contributed by atoms with Crippen LogP contribution in [0.5, 0.6) is 0 Å². The molecule has 4 aromatic rings. The Hall–Kier alpha value is -4.93. The average Bonchev–Trinajstić information content (AvgIpc) is 3.40. The van der Waals surface area contributed by atoms with E-state index in [0.29, 0.717) is 61.9 Å². The number of amides is 3. The van der Waals surface area contributed by atoms with Crippen LogP contribution in [-0.4, -0.2) is 52.3 Å². The summed E-state index contributed by atoms with van der Waals surface area (Å²) in [5.74, 6) is -0.278. The minimum Gasteiger partial charge on any atom is -0.369 e. The van der Waals surface area contributed by atoms with Gasteiger partial charge in [-0.3, -0.25) is 24.2 Å². The Morgan fingerprint density at radius 1 is 0.791 bits per heavy atom. The summed E-state index contributed by atoms with van der Waals surface area (Å²) >= 11 is 0. The lowest BCUT2D eigenvalue weighted by Gasteiger charge is -2.08. The van der Waals surface area contributed by atoms with E-state index in [9.17, 15) is 19.2 Å². The van der Waals surface area contributed by atoms with Gasteiger partial charge in [-0.2, -0.15) is 4.98 Å². The van der Waals surface area contributed by atoms with Gasteiger partial charge in [0.1, 0.15) is 5.65 Å². The Kier molecular flexibility index (Phi) is 11.1. The number of carbonyl (C=O) groups excluding carboxylic acids is 3. The second kappa shape index (κ2) is 15.3. The molecule has 11 heteroatoms. The summed E-state index contributed by atoms with van der Waals surface area (Å²) < 4.78 is 0. The van der Waals surface area contributed by atoms with Gasteiger partial charge in [-0.1, -0.05) is 42.0 Å². The van der Waals surface area contributed by atoms with Crippen molar-refractivity contribution < 1.29 is 14.4 Å². The van der Waals surface area contributed by atoms with Crippen LogP contribution in [0.2, 0.25) is 0 Å². The molecule has 3 amide bonds. The molecule has 2 heterocycles. The smallest absolute Gasteiger partial charge is 0.262 e. The van der Waals surface area contributed by atoms with Gasteiger partial charge in [0.25, 0.3) is 11.5 Å². The molecule has 0 spiro atoms. The summed E-state index contributed by atoms with van der Waals surface area (Å²) in [4.78, 5) is 58.4. The predicted molar refractivity (Wildman–Crippen MR) is 167 cm³/mol. The van der Waals surface area contributed by atoms with E-state index in [1.807, 2.05) is 19.1 Å². The van der Waals surface area contributed by atoms with Crippen LogP contribution in [-0.2, 0) is 28.9 Å². The van der Waals surface area contributed by atoms with E-state index in [1.165, 1.54) is 11.1 Å². The second-order valence-corrected chi connectivity index (χ2v) is 10.6. The van der Waals surface area contributed by atoms with E-state index in [4.69, 9.17) is 5.73 Å². The van der Waals surface area contributed by atoms with E-state index in [1.54, 1.807) is 18.3 Å². The first-order chi connectivity index (χ1) is 20.8. The Bertz CT molecular complexity index is 1590. The van der Waals surface area contributed by atoms with Crippen molar-refractivity contribution in [3.8, 4) is 0 Å². The molecular weight excluding hydrogens is 546 g/mol. The maximum Gasteiger partial charge on any atom is 0.262 e. The third kappa shape index (κ3) is 9.56. The van der Waals surface area contributed by atoms with Crippen molar-refractivity contribution in [2.75, 3.05) is 25.4 Å². The normalized spacial score (nSPS) is 10.9. The van der Waals surface area contributed by atoms with E-state index >= 15 is 0 Å². The lowest BCUT2D eigenvalue weighted by molar-refractivity contribution is -0.123. The molecule has 2 aromatic heterocycles. The van der Waals surface area contributed by atoms with Crippen LogP contribution in [0.3, 0.4) is 0 Å². The SMILES string of the molecule is Cc1ccc(CCCC(=O)NCCNC(=O)CCCNC(=O)c2ccc(CCc3c[nH]c4nc(N)[nH]c(=O)c34)cc2)cc1. The minimum absolute atomic E-state index is 0.0217. The highest BCUT2D eigenvalue weighted by Gasteiger charge is 2.11. The molecule has 0 aliphatic rings. The number of hydrogen-bond donors (Lipinski definition) is 6. The summed E-state index contributed by atoms with van der Waals surface area (Å²) in [6.07, 6.45) is 5.95. The van der Waals surface area contributed by atoms with Crippen molar-refractivity contribution in [2.24, 2.45) is 0 Å². The molecule has 0 atom stereocenters. The Labute approximate surface area is 250 Å². The number of H-pyrrole nitrogens is 2. The number of fused-ring (bicyclic) bond motifs is 1. The molecule has 226 valence electrons. The van der Waals surface area contributed by atoms with Crippen LogP contribution in [0, 0.1) is 6.92 Å². The zero-order valence-corrected chi connectivity index (χ0v) is 24.4. The minimum atomic E-state index is -0.271. The Morgan fingerprint density at radius 2 is 1.42 bits per heavy atom. The van der Waals surface area contributed by atoms with Crippen LogP contribution < -0.4 is 27.2 Å². The van der Waals surface area contributed by atoms with Crippen molar-refractivity contribution in [1.29, 1.82) is 0 Å². The Balaban J connectivity index is 1.06. The van der Waals surface area contributed by atoms with E-state index in [0.717, 1.165) is 24.0 Å². The van der Waals surface area contributed by atoms with E-state index in [2.05, 4.69) is 55.2 Å². The fraction of sp³-hybridized carbons (Fsp3) is 0.344. The summed E-state index contributed by atoms with van der Waals surface area (Å²) in [6, 6.07) is 15.6. The number of aromatic amines is 2. The molecule has 7 N–H and O–H groups in total. The fourth-order valence-corrected chi connectivity index (χ4v) is 4.76. The molecule has 43 heavy (non-hydrogen) atoms. The van der Waals surface area contributed by atoms with E-state index < -0.39 is 0 Å². The topological polar surface area (TPSA) is 175 Å². The van der Waals surface area contributed by atoms with Gasteiger partial charge in [0.15, 0.2) is 0 Å². The van der Waals surface area contributed by atoms with Gasteiger partial charge in [-0.05, 0) is 67.9 Å². The quantitative estimate of drug-likeness (QED) is 0.117. The number of nitrogens with one attached hydrogen (secondary N) is 5. The number of benzene rings is 2. The first-order valence-electron chi connectivity index (χ1n) is 14.6. The van der Waals surface area contributed by atoms with Crippen LogP contribution >= 0.6 is 0 Å². The first kappa shape index (κ1) is 31.0. The summed E-state index contributed by atoms with van der Waals surface area (Å²) in [5.41, 5.74) is 10.6. The van der Waals surface area contributed by atoms with Gasteiger partial charge in [0, 0.05) is 44.2 Å². The predicted octanol–water partition coefficient (Wildman–Crippen LogP) is 2.69. The van der Waals surface area contributed by atoms with Gasteiger partial charge in [-0.15, -0.1) is 0 Å². The summed E-state index contributed by atoms with van der Waals surface area (Å²) in [7, 11) is 0. The lowest BCUT2D eigenvalue weighted by Crippen LogP contribution is -2.35. The lowest BCUT2D eigenvalue weighted by atomic mass is 10.0. The second-order valence-electron chi connectivity index (χ2n) is 10.6. The van der Waals surface area contributed by atoms with Crippen molar-refractivity contribution in [3.63, 3.8) is 0 Å². The number of nitrogen functional groups attached to an aromatic ring is 1. The third-order valence-electron chi connectivity index (χ3n) is 7.17. The number of carbonyl (C=O) groups is 3. The summed E-state index contributed by atoms with van der Waals surface area (Å²) in [6.45, 7) is 3.17. The highest BCUT2D eigenvalue weighted by atomic mass is 16.2. The highest BCUT2D eigenvalue weighted by molar-refractivity contribution is 5.94. The number of aryl methyl sites for hydroxylation is 4. The molecule has 0 aliphatic carbocycles. The molecule has 0 saturated heterocycles. The highest BCUT2D eigenvalue weighted by Crippen LogP contribution is 2.16. The average molecular weight is 586 g/mol. The number of hydrogen-bond acceptors (Lipinski definition) is 6. The standard InChI is InChI=1S/C32H39N7O4/c1-21-7-9-22(10-8-21)4-2-5-26(40)34-18-19-35-27(41)6-3-17-36-30(42)24-14-11-23(12-15-24)13-16-25-20-37-29-28(25)31(43)39-32(33)38-29/h7-12,14-15,20H,2-6,13,16-19H2,1H3,(H,34,40)(H,35,41)(H,36,42)(H4,33,37,38,39,43). The first-order valence-corrected chi connectivity index (χ1v) is 14.6. The largest absolute Gasteiger partial charge is 0.369 e. The van der Waals surface area contributed by atoms with Crippen LogP contribution in [0.25, 0.3) is 11.0 Å². The van der Waals surface area contributed by atoms with E-state index in [-0.39, 0.29) is 35.6 Å². The number of nitrogens with zero attached hydrogens (tertiary/aromatic N) is 1. The maximum absolute atomic E-state index is 12.5. The zero-order valence-electron chi connectivity index (χ0n) is 24.4. The zero-order chi connectivity index (χ0) is 30.6. The van der Waals surface area contributed by atoms with Crippen molar-refractivity contribution >= 4 is 34.7 Å². The molecule has 4 rings (SSSR count). The van der Waals surface area contributed by atoms with Crippen LogP contribution in [0.4, 0.5) is 5.95 Å². The monoisotopic (exact) mass is 585 g/mol. The molecule has 0 saturated carbocycles. The maximum atomic E-state index is 12.5.